The highest BCUT2D eigenvalue weighted by Crippen LogP contribution is 2.31. The van der Waals surface area contributed by atoms with Gasteiger partial charge >= 0.3 is 0 Å². The number of nitrogens with zero attached hydrogens (tertiary/aromatic N) is 1. The van der Waals surface area contributed by atoms with E-state index in [0.717, 1.165) is 45.8 Å². The van der Waals surface area contributed by atoms with Crippen molar-refractivity contribution in [3.05, 3.63) is 45.7 Å². The summed E-state index contributed by atoms with van der Waals surface area (Å²) in [5.74, 6) is -0.0432. The molecule has 0 radical (unpaired) electrons. The lowest BCUT2D eigenvalue weighted by molar-refractivity contribution is -0.115. The average Bonchev–Trinajstić information content (AvgIpc) is 3.18. The van der Waals surface area contributed by atoms with Gasteiger partial charge in [-0.25, -0.2) is 4.98 Å². The molecular weight excluding hydrogens is 308 g/mol. The summed E-state index contributed by atoms with van der Waals surface area (Å²) in [6.07, 6.45) is 5.31. The van der Waals surface area contributed by atoms with E-state index in [1.165, 1.54) is 16.9 Å². The highest BCUT2D eigenvalue weighted by molar-refractivity contribution is 7.15. The second-order valence-corrected chi connectivity index (χ2v) is 7.20. The molecule has 1 aliphatic rings. The van der Waals surface area contributed by atoms with Crippen molar-refractivity contribution in [1.82, 2.24) is 4.98 Å². The summed E-state index contributed by atoms with van der Waals surface area (Å²) in [6.45, 7) is 4.10. The van der Waals surface area contributed by atoms with Crippen LogP contribution in [0.3, 0.4) is 0 Å². The molecule has 5 heteroatoms. The highest BCUT2D eigenvalue weighted by atomic mass is 32.1. The third-order valence-corrected chi connectivity index (χ3v) is 5.61. The quantitative estimate of drug-likeness (QED) is 0.785. The Bertz CT molecular complexity index is 886. The van der Waals surface area contributed by atoms with Crippen LogP contribution in [-0.2, 0) is 24.1 Å². The molecule has 1 aromatic carbocycles. The molecule has 1 amide bonds. The van der Waals surface area contributed by atoms with Gasteiger partial charge in [0.2, 0.25) is 5.91 Å². The summed E-state index contributed by atoms with van der Waals surface area (Å²) in [4.78, 5) is 18.1. The lowest BCUT2D eigenvalue weighted by Gasteiger charge is -2.02. The van der Waals surface area contributed by atoms with E-state index in [0.29, 0.717) is 6.42 Å². The van der Waals surface area contributed by atoms with Crippen LogP contribution in [0.25, 0.3) is 11.0 Å². The molecule has 0 atom stereocenters. The third-order valence-electron chi connectivity index (χ3n) is 4.53. The van der Waals surface area contributed by atoms with Crippen molar-refractivity contribution in [3.8, 4) is 0 Å². The molecule has 0 saturated heterocycles. The van der Waals surface area contributed by atoms with Gasteiger partial charge in [0.1, 0.15) is 5.58 Å². The second kappa shape index (κ2) is 5.49. The van der Waals surface area contributed by atoms with Gasteiger partial charge in [0.05, 0.1) is 18.4 Å². The van der Waals surface area contributed by atoms with Crippen LogP contribution in [0.1, 0.15) is 33.7 Å². The number of aryl methyl sites for hydroxylation is 4. The van der Waals surface area contributed by atoms with Crippen LogP contribution in [0.15, 0.2) is 22.8 Å². The summed E-state index contributed by atoms with van der Waals surface area (Å²) >= 11 is 1.60. The first-order chi connectivity index (χ1) is 11.1. The predicted octanol–water partition coefficient (Wildman–Crippen LogP) is 4.18. The Morgan fingerprint density at radius 3 is 3.04 bits per heavy atom. The van der Waals surface area contributed by atoms with E-state index >= 15 is 0 Å². The van der Waals surface area contributed by atoms with Crippen molar-refractivity contribution < 1.29 is 9.21 Å². The molecule has 0 saturated carbocycles. The molecular formula is C18H18N2O2S. The lowest BCUT2D eigenvalue weighted by atomic mass is 10.0. The molecule has 0 unspecified atom stereocenters. The fourth-order valence-corrected chi connectivity index (χ4v) is 4.17. The lowest BCUT2D eigenvalue weighted by Crippen LogP contribution is -2.14. The Kier molecular flexibility index (Phi) is 3.45. The number of fused-ring (bicyclic) bond motifs is 2. The number of hydrogen-bond acceptors (Lipinski definition) is 4. The molecule has 1 N–H and O–H groups in total. The van der Waals surface area contributed by atoms with Gasteiger partial charge in [0, 0.05) is 15.8 Å². The number of rotatable bonds is 3. The number of amides is 1. The van der Waals surface area contributed by atoms with Crippen molar-refractivity contribution in [2.75, 3.05) is 5.32 Å². The van der Waals surface area contributed by atoms with Crippen LogP contribution >= 0.6 is 11.3 Å². The predicted molar refractivity (Wildman–Crippen MR) is 92.2 cm³/mol. The number of anilines is 1. The number of carbonyl (C=O) groups excluding carboxylic acids is 1. The Morgan fingerprint density at radius 1 is 1.35 bits per heavy atom. The maximum Gasteiger partial charge on any atom is 0.230 e. The molecule has 2 aromatic heterocycles. The van der Waals surface area contributed by atoms with Gasteiger partial charge in [0.25, 0.3) is 0 Å². The van der Waals surface area contributed by atoms with E-state index in [4.69, 9.17) is 4.42 Å². The fraction of sp³-hybridized carbons (Fsp3) is 0.333. The number of benzene rings is 1. The standard InChI is InChI=1S/C18H18N2O2S/c1-10-6-7-13-12(9-22-17(13)11(10)2)8-16(21)20-18-19-14-4-3-5-15(14)23-18/h6-7,9H,3-5,8H2,1-2H3,(H,19,20,21). The number of thiazole rings is 1. The van der Waals surface area contributed by atoms with Crippen molar-refractivity contribution in [2.45, 2.75) is 39.5 Å². The SMILES string of the molecule is Cc1ccc2c(CC(=O)Nc3nc4c(s3)CCC4)coc2c1C. The first-order valence-electron chi connectivity index (χ1n) is 7.86. The van der Waals surface area contributed by atoms with Gasteiger partial charge in [-0.2, -0.15) is 0 Å². The molecule has 0 spiro atoms. The van der Waals surface area contributed by atoms with E-state index in [2.05, 4.69) is 23.3 Å². The largest absolute Gasteiger partial charge is 0.464 e. The fourth-order valence-electron chi connectivity index (χ4n) is 3.11. The van der Waals surface area contributed by atoms with E-state index in [1.807, 2.05) is 13.0 Å². The zero-order valence-corrected chi connectivity index (χ0v) is 14.0. The number of nitrogens with one attached hydrogen (secondary N) is 1. The molecule has 4 rings (SSSR count). The Labute approximate surface area is 138 Å². The topological polar surface area (TPSA) is 55.1 Å². The van der Waals surface area contributed by atoms with E-state index in [9.17, 15) is 4.79 Å². The van der Waals surface area contributed by atoms with Gasteiger partial charge in [0.15, 0.2) is 5.13 Å². The van der Waals surface area contributed by atoms with Crippen LogP contribution in [-0.4, -0.2) is 10.9 Å². The Balaban J connectivity index is 1.53. The molecule has 0 aliphatic heterocycles. The normalized spacial score (nSPS) is 13.5. The van der Waals surface area contributed by atoms with Crippen LogP contribution in [0.5, 0.6) is 0 Å². The number of hydrogen-bond donors (Lipinski definition) is 1. The van der Waals surface area contributed by atoms with Crippen LogP contribution in [0.4, 0.5) is 5.13 Å². The van der Waals surface area contributed by atoms with Gasteiger partial charge in [-0.1, -0.05) is 12.1 Å². The molecule has 23 heavy (non-hydrogen) atoms. The number of carbonyl (C=O) groups is 1. The van der Waals surface area contributed by atoms with Crippen LogP contribution in [0, 0.1) is 13.8 Å². The van der Waals surface area contributed by atoms with Crippen molar-refractivity contribution >= 4 is 33.3 Å². The van der Waals surface area contributed by atoms with E-state index in [-0.39, 0.29) is 5.91 Å². The van der Waals surface area contributed by atoms with Crippen molar-refractivity contribution in [1.29, 1.82) is 0 Å². The molecule has 0 fully saturated rings. The zero-order chi connectivity index (χ0) is 16.0. The number of furan rings is 1. The second-order valence-electron chi connectivity index (χ2n) is 6.11. The highest BCUT2D eigenvalue weighted by Gasteiger charge is 2.18. The minimum Gasteiger partial charge on any atom is -0.464 e. The van der Waals surface area contributed by atoms with E-state index < -0.39 is 0 Å². The third kappa shape index (κ3) is 2.55. The van der Waals surface area contributed by atoms with Crippen molar-refractivity contribution in [2.24, 2.45) is 0 Å². The summed E-state index contributed by atoms with van der Waals surface area (Å²) in [6, 6.07) is 4.10. The monoisotopic (exact) mass is 326 g/mol. The molecule has 1 aliphatic carbocycles. The summed E-state index contributed by atoms with van der Waals surface area (Å²) < 4.78 is 5.67. The van der Waals surface area contributed by atoms with E-state index in [1.54, 1.807) is 17.6 Å². The first-order valence-corrected chi connectivity index (χ1v) is 8.68. The smallest absolute Gasteiger partial charge is 0.230 e. The van der Waals surface area contributed by atoms with Gasteiger partial charge < -0.3 is 9.73 Å². The summed E-state index contributed by atoms with van der Waals surface area (Å²) in [5.41, 5.74) is 5.28. The first kappa shape index (κ1) is 14.5. The molecule has 3 aromatic rings. The Hall–Kier alpha value is -2.14. The van der Waals surface area contributed by atoms with Crippen molar-refractivity contribution in [3.63, 3.8) is 0 Å². The zero-order valence-electron chi connectivity index (χ0n) is 13.2. The van der Waals surface area contributed by atoms with Crippen LogP contribution in [0.2, 0.25) is 0 Å². The maximum atomic E-state index is 12.3. The Morgan fingerprint density at radius 2 is 2.22 bits per heavy atom. The average molecular weight is 326 g/mol. The molecule has 118 valence electrons. The molecule has 4 nitrogen and oxygen atoms in total. The molecule has 0 bridgehead atoms. The summed E-state index contributed by atoms with van der Waals surface area (Å²) in [7, 11) is 0. The number of aromatic nitrogens is 1. The minimum atomic E-state index is -0.0432. The van der Waals surface area contributed by atoms with Gasteiger partial charge in [-0.3, -0.25) is 4.79 Å². The van der Waals surface area contributed by atoms with Crippen LogP contribution < -0.4 is 5.32 Å². The van der Waals surface area contributed by atoms with Gasteiger partial charge in [-0.05, 0) is 44.2 Å². The molecule has 2 heterocycles. The summed E-state index contributed by atoms with van der Waals surface area (Å²) in [5, 5.41) is 4.67. The van der Waals surface area contributed by atoms with Gasteiger partial charge in [-0.15, -0.1) is 11.3 Å². The minimum absolute atomic E-state index is 0.0432. The maximum absolute atomic E-state index is 12.3.